The lowest BCUT2D eigenvalue weighted by molar-refractivity contribution is -0.384. The fraction of sp³-hybridized carbons (Fsp3) is 0.667. The van der Waals surface area contributed by atoms with Gasteiger partial charge in [-0.1, -0.05) is 19.3 Å². The number of nitrogens with one attached hydrogen (secondary N) is 1. The third-order valence-corrected chi connectivity index (χ3v) is 4.90. The maximum atomic E-state index is 11.3. The smallest absolute Gasteiger partial charge is 0.311 e. The highest BCUT2D eigenvalue weighted by Gasteiger charge is 2.34. The molecule has 1 aliphatic carbocycles. The molecule has 6 nitrogen and oxygen atoms in total. The molecule has 2 aliphatic rings. The topological polar surface area (TPSA) is 71.3 Å². The molecule has 1 aliphatic heterocycles. The van der Waals surface area contributed by atoms with E-state index in [2.05, 4.69) is 15.2 Å². The van der Waals surface area contributed by atoms with Crippen molar-refractivity contribution in [1.29, 1.82) is 0 Å². The minimum atomic E-state index is -0.325. The molecule has 1 N–H and O–H groups in total. The third kappa shape index (κ3) is 2.80. The molecule has 0 aromatic carbocycles. The van der Waals surface area contributed by atoms with Crippen LogP contribution < -0.4 is 10.2 Å². The monoisotopic (exact) mass is 290 g/mol. The van der Waals surface area contributed by atoms with Gasteiger partial charge in [0.2, 0.25) is 5.82 Å². The van der Waals surface area contributed by atoms with Crippen molar-refractivity contribution in [3.63, 3.8) is 0 Å². The zero-order chi connectivity index (χ0) is 14.8. The Kier molecular flexibility index (Phi) is 3.94. The Balaban J connectivity index is 1.86. The molecule has 114 valence electrons. The first-order valence-corrected chi connectivity index (χ1v) is 7.77. The number of hydrogen-bond acceptors (Lipinski definition) is 5. The normalized spacial score (nSPS) is 25.3. The van der Waals surface area contributed by atoms with Gasteiger partial charge in [0.25, 0.3) is 0 Å². The highest BCUT2D eigenvalue weighted by molar-refractivity contribution is 5.62. The van der Waals surface area contributed by atoms with Gasteiger partial charge in [0.15, 0.2) is 0 Å². The lowest BCUT2D eigenvalue weighted by Crippen LogP contribution is -2.42. The van der Waals surface area contributed by atoms with Crippen LogP contribution in [0.25, 0.3) is 0 Å². The van der Waals surface area contributed by atoms with Gasteiger partial charge in [-0.25, -0.2) is 4.98 Å². The summed E-state index contributed by atoms with van der Waals surface area (Å²) in [5.74, 6) is 2.69. The average molecular weight is 290 g/mol. The van der Waals surface area contributed by atoms with E-state index in [1.165, 1.54) is 25.7 Å². The molecule has 3 rings (SSSR count). The summed E-state index contributed by atoms with van der Waals surface area (Å²) in [6, 6.07) is 3.22. The maximum Gasteiger partial charge on any atom is 0.311 e. The van der Waals surface area contributed by atoms with E-state index in [4.69, 9.17) is 0 Å². The van der Waals surface area contributed by atoms with Crippen molar-refractivity contribution in [2.45, 2.75) is 32.1 Å². The molecular formula is C15H22N4O2. The van der Waals surface area contributed by atoms with Crippen molar-refractivity contribution in [1.82, 2.24) is 4.98 Å². The van der Waals surface area contributed by atoms with Gasteiger partial charge in [-0.2, -0.15) is 0 Å². The van der Waals surface area contributed by atoms with E-state index < -0.39 is 0 Å². The van der Waals surface area contributed by atoms with Gasteiger partial charge >= 0.3 is 5.69 Å². The van der Waals surface area contributed by atoms with Crippen molar-refractivity contribution >= 4 is 17.3 Å². The summed E-state index contributed by atoms with van der Waals surface area (Å²) in [7, 11) is 1.78. The van der Waals surface area contributed by atoms with Gasteiger partial charge in [0, 0.05) is 26.2 Å². The number of anilines is 2. The van der Waals surface area contributed by atoms with Crippen LogP contribution in [0.4, 0.5) is 17.3 Å². The summed E-state index contributed by atoms with van der Waals surface area (Å²) >= 11 is 0. The minimum absolute atomic E-state index is 0.114. The van der Waals surface area contributed by atoms with Gasteiger partial charge in [-0.3, -0.25) is 10.1 Å². The van der Waals surface area contributed by atoms with Gasteiger partial charge in [-0.15, -0.1) is 0 Å². The molecule has 21 heavy (non-hydrogen) atoms. The number of pyridine rings is 1. The molecule has 2 heterocycles. The van der Waals surface area contributed by atoms with Crippen molar-refractivity contribution < 1.29 is 4.92 Å². The third-order valence-electron chi connectivity index (χ3n) is 4.90. The van der Waals surface area contributed by atoms with Gasteiger partial charge < -0.3 is 10.2 Å². The summed E-state index contributed by atoms with van der Waals surface area (Å²) in [6.07, 6.45) is 6.34. The number of hydrogen-bond donors (Lipinski definition) is 1. The van der Waals surface area contributed by atoms with Crippen LogP contribution >= 0.6 is 0 Å². The van der Waals surface area contributed by atoms with Crippen molar-refractivity contribution in [2.24, 2.45) is 11.8 Å². The van der Waals surface area contributed by atoms with E-state index >= 15 is 0 Å². The number of aromatic nitrogens is 1. The quantitative estimate of drug-likeness (QED) is 0.684. The molecule has 0 spiro atoms. The first-order valence-electron chi connectivity index (χ1n) is 7.77. The number of rotatable bonds is 3. The molecule has 2 atom stereocenters. The van der Waals surface area contributed by atoms with Gasteiger partial charge in [0.1, 0.15) is 5.82 Å². The summed E-state index contributed by atoms with van der Waals surface area (Å²) in [4.78, 5) is 17.5. The Labute approximate surface area is 124 Å². The highest BCUT2D eigenvalue weighted by atomic mass is 16.6. The molecular weight excluding hydrogens is 268 g/mol. The van der Waals surface area contributed by atoms with Crippen LogP contribution in [0.5, 0.6) is 0 Å². The van der Waals surface area contributed by atoms with E-state index in [1.54, 1.807) is 19.2 Å². The van der Waals surface area contributed by atoms with Crippen LogP contribution in [0.1, 0.15) is 32.1 Å². The van der Waals surface area contributed by atoms with Crippen molar-refractivity contribution in [3.8, 4) is 0 Å². The molecule has 0 amide bonds. The summed E-state index contributed by atoms with van der Waals surface area (Å²) in [6.45, 7) is 1.79. The lowest BCUT2D eigenvalue weighted by Gasteiger charge is -2.41. The number of fused-ring (bicyclic) bond motifs is 1. The summed E-state index contributed by atoms with van der Waals surface area (Å²) < 4.78 is 0. The highest BCUT2D eigenvalue weighted by Crippen LogP contribution is 2.39. The molecule has 1 saturated carbocycles. The second-order valence-electron chi connectivity index (χ2n) is 6.09. The van der Waals surface area contributed by atoms with Gasteiger partial charge in [-0.05, 0) is 30.7 Å². The van der Waals surface area contributed by atoms with Crippen LogP contribution in [0.3, 0.4) is 0 Å². The zero-order valence-corrected chi connectivity index (χ0v) is 12.4. The van der Waals surface area contributed by atoms with E-state index in [-0.39, 0.29) is 10.6 Å². The van der Waals surface area contributed by atoms with Crippen molar-refractivity contribution in [2.75, 3.05) is 30.4 Å². The van der Waals surface area contributed by atoms with E-state index in [9.17, 15) is 10.1 Å². The molecule has 0 bridgehead atoms. The van der Waals surface area contributed by atoms with Crippen molar-refractivity contribution in [3.05, 3.63) is 22.2 Å². The molecule has 2 fully saturated rings. The van der Waals surface area contributed by atoms with Crippen LogP contribution in [-0.2, 0) is 0 Å². The van der Waals surface area contributed by atoms with Gasteiger partial charge in [0.05, 0.1) is 4.92 Å². The standard InChI is InChI=1S/C15H22N4O2/c1-16-14-7-6-13(19(20)21)15(17-14)18-9-8-11-4-2-3-5-12(11)10-18/h6-7,11-12H,2-5,8-10H2,1H3,(H,16,17). The molecule has 1 aromatic heterocycles. The lowest BCUT2D eigenvalue weighted by atomic mass is 9.75. The Morgan fingerprint density at radius 1 is 1.29 bits per heavy atom. The van der Waals surface area contributed by atoms with E-state index in [1.807, 2.05) is 0 Å². The second kappa shape index (κ2) is 5.87. The fourth-order valence-electron chi connectivity index (χ4n) is 3.75. The Morgan fingerprint density at radius 2 is 2.05 bits per heavy atom. The minimum Gasteiger partial charge on any atom is -0.373 e. The molecule has 1 aromatic rings. The Bertz CT molecular complexity index is 534. The van der Waals surface area contributed by atoms with Crippen LogP contribution in [-0.4, -0.2) is 30.0 Å². The SMILES string of the molecule is CNc1ccc([N+](=O)[O-])c(N2CCC3CCCCC3C2)n1. The fourth-order valence-corrected chi connectivity index (χ4v) is 3.75. The second-order valence-corrected chi connectivity index (χ2v) is 6.09. The first-order chi connectivity index (χ1) is 10.2. The number of nitrogens with zero attached hydrogens (tertiary/aromatic N) is 3. The summed E-state index contributed by atoms with van der Waals surface area (Å²) in [5, 5.41) is 14.2. The number of piperidine rings is 1. The van der Waals surface area contributed by atoms with Crippen LogP contribution in [0.15, 0.2) is 12.1 Å². The Morgan fingerprint density at radius 3 is 2.76 bits per heavy atom. The molecule has 2 unspecified atom stereocenters. The number of nitro groups is 1. The Hall–Kier alpha value is -1.85. The largest absolute Gasteiger partial charge is 0.373 e. The van der Waals surface area contributed by atoms with Crippen LogP contribution in [0, 0.1) is 22.0 Å². The van der Waals surface area contributed by atoms with Crippen LogP contribution in [0.2, 0.25) is 0 Å². The predicted molar refractivity (Wildman–Crippen MR) is 82.7 cm³/mol. The molecule has 6 heteroatoms. The average Bonchev–Trinajstić information content (AvgIpc) is 2.53. The van der Waals surface area contributed by atoms with E-state index in [0.717, 1.165) is 25.4 Å². The maximum absolute atomic E-state index is 11.3. The molecule has 0 radical (unpaired) electrons. The molecule has 1 saturated heterocycles. The summed E-state index contributed by atoms with van der Waals surface area (Å²) in [5.41, 5.74) is 0.114. The zero-order valence-electron chi connectivity index (χ0n) is 12.4. The first kappa shape index (κ1) is 14.1. The predicted octanol–water partition coefficient (Wildman–Crippen LogP) is 3.05. The van der Waals surface area contributed by atoms with E-state index in [0.29, 0.717) is 17.6 Å².